The zero-order valence-electron chi connectivity index (χ0n) is 18.2. The van der Waals surface area contributed by atoms with Crippen LogP contribution in [0.25, 0.3) is 0 Å². The molecule has 0 aromatic carbocycles. The van der Waals surface area contributed by atoms with Gasteiger partial charge in [-0.1, -0.05) is 11.1 Å². The summed E-state index contributed by atoms with van der Waals surface area (Å²) < 4.78 is 49.2. The van der Waals surface area contributed by atoms with Gasteiger partial charge in [0, 0.05) is 0 Å². The van der Waals surface area contributed by atoms with Crippen LogP contribution in [0.2, 0.25) is 0 Å². The predicted molar refractivity (Wildman–Crippen MR) is 111 cm³/mol. The van der Waals surface area contributed by atoms with Crippen molar-refractivity contribution in [1.82, 2.24) is 0 Å². The zero-order valence-corrected chi connectivity index (χ0v) is 20.0. The van der Waals surface area contributed by atoms with E-state index in [9.17, 15) is 9.13 Å². The summed E-state index contributed by atoms with van der Waals surface area (Å²) in [4.78, 5) is 0. The fraction of sp³-hybridized carbons (Fsp3) is 0.895. The Morgan fingerprint density at radius 3 is 1.11 bits per heavy atom. The van der Waals surface area contributed by atoms with Crippen molar-refractivity contribution >= 4 is 15.2 Å². The maximum Gasteiger partial charge on any atom is 0.335 e. The lowest BCUT2D eigenvalue weighted by Gasteiger charge is -2.25. The largest absolute Gasteiger partial charge is 0.335 e. The molecule has 1 aliphatic carbocycles. The molecular weight excluding hydrogens is 386 g/mol. The molecule has 0 fully saturated rings. The summed E-state index contributed by atoms with van der Waals surface area (Å²) >= 11 is 0. The van der Waals surface area contributed by atoms with E-state index in [-0.39, 0.29) is 36.7 Å². The first-order valence-corrected chi connectivity index (χ1v) is 13.4. The van der Waals surface area contributed by atoms with Crippen LogP contribution in [0.3, 0.4) is 0 Å². The standard InChI is InChI=1S/C19H38O6P2/c1-14(2)22-26(20,23-15(3)4)12-18-10-9-11-19(18)13-27(21,24-16(5)6)25-17(7)8/h14-17H,9-13H2,1-8H3. The minimum absolute atomic E-state index is 0.195. The van der Waals surface area contributed by atoms with Crippen LogP contribution in [0.15, 0.2) is 11.1 Å². The summed E-state index contributed by atoms with van der Waals surface area (Å²) in [5.74, 6) is 0. The van der Waals surface area contributed by atoms with E-state index in [1.807, 2.05) is 55.4 Å². The molecule has 1 aliphatic rings. The molecule has 0 radical (unpaired) electrons. The quantitative estimate of drug-likeness (QED) is 0.261. The van der Waals surface area contributed by atoms with Crippen LogP contribution in [0.1, 0.15) is 74.7 Å². The van der Waals surface area contributed by atoms with Gasteiger partial charge >= 0.3 is 15.2 Å². The summed E-state index contributed by atoms with van der Waals surface area (Å²) in [5.41, 5.74) is 2.03. The van der Waals surface area contributed by atoms with Gasteiger partial charge in [0.15, 0.2) is 0 Å². The normalized spacial score (nSPS) is 16.6. The molecule has 0 heterocycles. The topological polar surface area (TPSA) is 71.1 Å². The van der Waals surface area contributed by atoms with Crippen molar-refractivity contribution in [2.24, 2.45) is 0 Å². The molecule has 0 aromatic rings. The van der Waals surface area contributed by atoms with Gasteiger partial charge in [-0.25, -0.2) is 0 Å². The van der Waals surface area contributed by atoms with Crippen LogP contribution in [0.5, 0.6) is 0 Å². The molecule has 8 heteroatoms. The van der Waals surface area contributed by atoms with Crippen LogP contribution in [-0.2, 0) is 27.2 Å². The number of rotatable bonds is 12. The monoisotopic (exact) mass is 424 g/mol. The van der Waals surface area contributed by atoms with Crippen LogP contribution in [0.4, 0.5) is 0 Å². The molecule has 0 spiro atoms. The molecule has 1 rings (SSSR count). The summed E-state index contributed by atoms with van der Waals surface area (Å²) in [6.07, 6.45) is 2.26. The average molecular weight is 424 g/mol. The molecule has 0 bridgehead atoms. The fourth-order valence-electron chi connectivity index (χ4n) is 3.20. The van der Waals surface area contributed by atoms with Gasteiger partial charge < -0.3 is 18.1 Å². The second kappa shape index (κ2) is 10.7. The third-order valence-corrected chi connectivity index (χ3v) is 8.22. The lowest BCUT2D eigenvalue weighted by molar-refractivity contribution is 0.142. The van der Waals surface area contributed by atoms with Gasteiger partial charge in [0.05, 0.1) is 36.7 Å². The summed E-state index contributed by atoms with van der Waals surface area (Å²) in [5, 5.41) is 0. The third-order valence-electron chi connectivity index (χ3n) is 3.71. The molecular formula is C19H38O6P2. The highest BCUT2D eigenvalue weighted by molar-refractivity contribution is 7.54. The molecule has 0 atom stereocenters. The maximum absolute atomic E-state index is 13.2. The Morgan fingerprint density at radius 2 is 0.889 bits per heavy atom. The van der Waals surface area contributed by atoms with Crippen molar-refractivity contribution in [2.45, 2.75) is 99.1 Å². The second-order valence-corrected chi connectivity index (χ2v) is 12.1. The molecule has 0 amide bonds. The van der Waals surface area contributed by atoms with Crippen LogP contribution < -0.4 is 0 Å². The SMILES string of the molecule is CC(C)OP(=O)(CC1=C(CP(=O)(OC(C)C)OC(C)C)CCC1)OC(C)C. The van der Waals surface area contributed by atoms with E-state index in [0.29, 0.717) is 0 Å². The van der Waals surface area contributed by atoms with Crippen molar-refractivity contribution in [3.05, 3.63) is 11.1 Å². The molecule has 0 saturated carbocycles. The van der Waals surface area contributed by atoms with Gasteiger partial charge in [-0.3, -0.25) is 9.13 Å². The van der Waals surface area contributed by atoms with Crippen molar-refractivity contribution < 1.29 is 27.2 Å². The summed E-state index contributed by atoms with van der Waals surface area (Å²) in [7, 11) is -6.54. The van der Waals surface area contributed by atoms with Crippen LogP contribution in [0, 0.1) is 0 Å². The first-order chi connectivity index (χ1) is 12.3. The van der Waals surface area contributed by atoms with Crippen LogP contribution >= 0.6 is 15.2 Å². The van der Waals surface area contributed by atoms with E-state index in [2.05, 4.69) is 0 Å². The number of allylic oxidation sites excluding steroid dienone is 2. The summed E-state index contributed by atoms with van der Waals surface area (Å²) in [6.45, 7) is 14.8. The maximum atomic E-state index is 13.2. The Bertz CT molecular complexity index is 517. The highest BCUT2D eigenvalue weighted by Gasteiger charge is 2.35. The highest BCUT2D eigenvalue weighted by Crippen LogP contribution is 2.57. The molecule has 160 valence electrons. The fourth-order valence-corrected chi connectivity index (χ4v) is 7.87. The number of hydrogen-bond donors (Lipinski definition) is 0. The summed E-state index contributed by atoms with van der Waals surface area (Å²) in [6, 6.07) is 0. The Morgan fingerprint density at radius 1 is 0.630 bits per heavy atom. The van der Waals surface area contributed by atoms with Gasteiger partial charge in [-0.2, -0.15) is 0 Å². The lowest BCUT2D eigenvalue weighted by atomic mass is 10.2. The van der Waals surface area contributed by atoms with E-state index in [1.165, 1.54) is 0 Å². The smallest absolute Gasteiger partial charge is 0.306 e. The number of hydrogen-bond acceptors (Lipinski definition) is 6. The highest BCUT2D eigenvalue weighted by atomic mass is 31.2. The van der Waals surface area contributed by atoms with Gasteiger partial charge in [0.2, 0.25) is 0 Å². The first-order valence-electron chi connectivity index (χ1n) is 9.95. The molecule has 0 aliphatic heterocycles. The van der Waals surface area contributed by atoms with Crippen molar-refractivity contribution in [1.29, 1.82) is 0 Å². The van der Waals surface area contributed by atoms with Gasteiger partial charge in [0.25, 0.3) is 0 Å². The van der Waals surface area contributed by atoms with Crippen LogP contribution in [-0.4, -0.2) is 36.7 Å². The van der Waals surface area contributed by atoms with Crippen molar-refractivity contribution in [2.75, 3.05) is 12.3 Å². The van der Waals surface area contributed by atoms with Gasteiger partial charge in [0.1, 0.15) is 0 Å². The molecule has 0 saturated heterocycles. The van der Waals surface area contributed by atoms with E-state index < -0.39 is 15.2 Å². The zero-order chi connectivity index (χ0) is 20.8. The molecule has 0 N–H and O–H groups in total. The average Bonchev–Trinajstić information content (AvgIpc) is 2.80. The Kier molecular flexibility index (Phi) is 9.95. The minimum Gasteiger partial charge on any atom is -0.306 e. The Hall–Kier alpha value is 0.0400. The predicted octanol–water partition coefficient (Wildman–Crippen LogP) is 6.55. The molecule has 27 heavy (non-hydrogen) atoms. The van der Waals surface area contributed by atoms with Gasteiger partial charge in [-0.05, 0) is 74.7 Å². The van der Waals surface area contributed by atoms with Gasteiger partial charge in [-0.15, -0.1) is 0 Å². The molecule has 6 nitrogen and oxygen atoms in total. The van der Waals surface area contributed by atoms with E-state index in [1.54, 1.807) is 0 Å². The van der Waals surface area contributed by atoms with Crippen molar-refractivity contribution in [3.63, 3.8) is 0 Å². The third kappa shape index (κ3) is 9.39. The van der Waals surface area contributed by atoms with E-state index in [4.69, 9.17) is 18.1 Å². The second-order valence-electron chi connectivity index (χ2n) is 8.22. The van der Waals surface area contributed by atoms with E-state index in [0.717, 1.165) is 30.4 Å². The first kappa shape index (κ1) is 25.1. The Balaban J connectivity index is 3.07. The minimum atomic E-state index is -3.27. The Labute approximate surface area is 165 Å². The molecule has 0 unspecified atom stereocenters. The molecule has 0 aromatic heterocycles. The van der Waals surface area contributed by atoms with E-state index >= 15 is 0 Å². The lowest BCUT2D eigenvalue weighted by Crippen LogP contribution is -2.13. The van der Waals surface area contributed by atoms with Crippen molar-refractivity contribution in [3.8, 4) is 0 Å².